The van der Waals surface area contributed by atoms with Crippen LogP contribution in [-0.4, -0.2) is 6.71 Å². The fourth-order valence-corrected chi connectivity index (χ4v) is 16.0. The Kier molecular flexibility index (Phi) is 9.29. The Hall–Kier alpha value is -5.58. The largest absolute Gasteiger partial charge is 0.311 e. The number of aryl methyl sites for hydroxylation is 2. The molecule has 2 aliphatic heterocycles. The smallest absolute Gasteiger partial charge is 0.252 e. The highest BCUT2D eigenvalue weighted by Crippen LogP contribution is 2.56. The minimum atomic E-state index is 0.0109. The maximum absolute atomic E-state index is 2.76. The lowest BCUT2D eigenvalue weighted by molar-refractivity contribution is 0.332. The maximum atomic E-state index is 2.76. The molecule has 3 aliphatic carbocycles. The van der Waals surface area contributed by atoms with Crippen LogP contribution in [0.5, 0.6) is 0 Å². The molecule has 0 atom stereocenters. The van der Waals surface area contributed by atoms with Gasteiger partial charge in [-0.2, -0.15) is 0 Å². The van der Waals surface area contributed by atoms with Crippen LogP contribution in [0.2, 0.25) is 0 Å². The second-order valence-corrected chi connectivity index (χ2v) is 27.8. The van der Waals surface area contributed by atoms with Crippen molar-refractivity contribution in [2.75, 3.05) is 9.80 Å². The van der Waals surface area contributed by atoms with Crippen molar-refractivity contribution >= 4 is 88.7 Å². The molecule has 4 heteroatoms. The Morgan fingerprint density at radius 1 is 0.380 bits per heavy atom. The number of rotatable bonds is 3. The summed E-state index contributed by atoms with van der Waals surface area (Å²) in [5.41, 5.74) is 26.7. The molecule has 0 saturated heterocycles. The van der Waals surface area contributed by atoms with Gasteiger partial charge in [0.2, 0.25) is 0 Å². The molecule has 5 aliphatic rings. The van der Waals surface area contributed by atoms with Crippen LogP contribution in [0.15, 0.2) is 115 Å². The standard InChI is InChI=1S/C67H71BN2S/c1-39-28-45-48(64(7,8)26-24-62(45,3)4)34-53(39)69-55-36-50-47(66(11,12)38-67(50,13)14)33-52(55)68-51-32-44-43-22-18-19-23-59(43)71-60(44)37-56(51)70(58-31-42(30-57(69)61(58)68)41-20-16-15-17-21-41)54-35-49-46(29-40(54)2)63(5,6)25-27-65(49,9)10/h15-23,28-37H,24-27,38H2,1-14H3. The third-order valence-corrected chi connectivity index (χ3v) is 20.1. The van der Waals surface area contributed by atoms with Crippen molar-refractivity contribution in [3.05, 3.63) is 160 Å². The van der Waals surface area contributed by atoms with E-state index in [2.05, 4.69) is 222 Å². The van der Waals surface area contributed by atoms with Crippen LogP contribution in [0, 0.1) is 13.8 Å². The Bertz CT molecular complexity index is 3620. The average Bonchev–Trinajstić information content (AvgIpc) is 3.77. The number of hydrogen-bond acceptors (Lipinski definition) is 3. The molecule has 0 radical (unpaired) electrons. The monoisotopic (exact) mass is 947 g/mol. The zero-order valence-corrected chi connectivity index (χ0v) is 45.7. The van der Waals surface area contributed by atoms with Crippen LogP contribution in [0.3, 0.4) is 0 Å². The Morgan fingerprint density at radius 2 is 0.817 bits per heavy atom. The summed E-state index contributed by atoms with van der Waals surface area (Å²) in [7, 11) is 0. The second-order valence-electron chi connectivity index (χ2n) is 26.7. The SMILES string of the molecule is Cc1cc2c(cc1N1c3cc4c(cc3B3c5cc6c(cc5N(c5cc7c(cc5C)C(C)(C)CCC7(C)C)c5cc(-c7ccccc7)cc1c53)sc1ccccc16)C(C)(C)CC4(C)C)C(C)(C)CCC2(C)C. The summed E-state index contributed by atoms with van der Waals surface area (Å²) in [6.45, 7) is 34.6. The quantitative estimate of drug-likeness (QED) is 0.163. The lowest BCUT2D eigenvalue weighted by Gasteiger charge is -2.47. The molecular weight excluding hydrogens is 876 g/mol. The van der Waals surface area contributed by atoms with Crippen LogP contribution < -0.4 is 26.2 Å². The summed E-state index contributed by atoms with van der Waals surface area (Å²) < 4.78 is 2.69. The highest BCUT2D eigenvalue weighted by atomic mass is 32.1. The number of anilines is 6. The summed E-state index contributed by atoms with van der Waals surface area (Å²) >= 11 is 1.94. The molecule has 358 valence electrons. The van der Waals surface area contributed by atoms with Crippen molar-refractivity contribution in [3.63, 3.8) is 0 Å². The molecule has 2 nitrogen and oxygen atoms in total. The van der Waals surface area contributed by atoms with E-state index in [9.17, 15) is 0 Å². The lowest BCUT2D eigenvalue weighted by atomic mass is 9.33. The van der Waals surface area contributed by atoms with Gasteiger partial charge in [0.15, 0.2) is 0 Å². The van der Waals surface area contributed by atoms with Gasteiger partial charge >= 0.3 is 0 Å². The summed E-state index contributed by atoms with van der Waals surface area (Å²) in [6, 6.07) is 46.5. The van der Waals surface area contributed by atoms with E-state index in [4.69, 9.17) is 0 Å². The van der Waals surface area contributed by atoms with Gasteiger partial charge < -0.3 is 9.80 Å². The predicted molar refractivity (Wildman–Crippen MR) is 310 cm³/mol. The van der Waals surface area contributed by atoms with Gasteiger partial charge in [-0.1, -0.05) is 156 Å². The van der Waals surface area contributed by atoms with E-state index in [0.717, 1.165) is 6.42 Å². The van der Waals surface area contributed by atoms with E-state index in [1.54, 1.807) is 0 Å². The summed E-state index contributed by atoms with van der Waals surface area (Å²) in [4.78, 5) is 5.50. The van der Waals surface area contributed by atoms with Crippen molar-refractivity contribution in [3.8, 4) is 11.1 Å². The number of nitrogens with zero attached hydrogens (tertiary/aromatic N) is 2. The number of hydrogen-bond donors (Lipinski definition) is 0. The van der Waals surface area contributed by atoms with Gasteiger partial charge in [-0.15, -0.1) is 11.3 Å². The molecule has 0 spiro atoms. The first kappa shape index (κ1) is 45.3. The van der Waals surface area contributed by atoms with Crippen LogP contribution >= 0.6 is 11.3 Å². The highest BCUT2D eigenvalue weighted by molar-refractivity contribution is 7.26. The van der Waals surface area contributed by atoms with E-state index in [1.807, 2.05) is 11.3 Å². The first-order valence-electron chi connectivity index (χ1n) is 26.7. The predicted octanol–water partition coefficient (Wildman–Crippen LogP) is 17.1. The topological polar surface area (TPSA) is 6.48 Å². The minimum absolute atomic E-state index is 0.0109. The molecule has 0 fully saturated rings. The van der Waals surface area contributed by atoms with Crippen LogP contribution in [-0.2, 0) is 32.5 Å². The second kappa shape index (κ2) is 14.6. The molecule has 0 saturated carbocycles. The molecule has 0 unspecified atom stereocenters. The molecule has 8 aromatic rings. The molecule has 0 amide bonds. The molecule has 0 N–H and O–H groups in total. The fraction of sp³-hybridized carbons (Fsp3) is 0.373. The molecule has 13 rings (SSSR count). The minimum Gasteiger partial charge on any atom is -0.311 e. The van der Waals surface area contributed by atoms with Gasteiger partial charge in [-0.25, -0.2) is 0 Å². The van der Waals surface area contributed by atoms with Crippen LogP contribution in [0.4, 0.5) is 34.1 Å². The maximum Gasteiger partial charge on any atom is 0.252 e. The van der Waals surface area contributed by atoms with Gasteiger partial charge in [-0.3, -0.25) is 0 Å². The van der Waals surface area contributed by atoms with E-state index >= 15 is 0 Å². The van der Waals surface area contributed by atoms with E-state index in [0.29, 0.717) is 0 Å². The zero-order chi connectivity index (χ0) is 49.7. The summed E-state index contributed by atoms with van der Waals surface area (Å²) in [5, 5.41) is 2.72. The first-order chi connectivity index (χ1) is 33.5. The Morgan fingerprint density at radius 3 is 1.37 bits per heavy atom. The number of benzene rings is 7. The summed E-state index contributed by atoms with van der Waals surface area (Å²) in [5.74, 6) is 0. The van der Waals surface area contributed by atoms with Crippen molar-refractivity contribution in [1.29, 1.82) is 0 Å². The van der Waals surface area contributed by atoms with Gasteiger partial charge in [0.1, 0.15) is 0 Å². The zero-order valence-electron chi connectivity index (χ0n) is 44.9. The van der Waals surface area contributed by atoms with Crippen molar-refractivity contribution < 1.29 is 0 Å². The van der Waals surface area contributed by atoms with E-state index in [1.165, 1.54) is 152 Å². The molecule has 1 aromatic heterocycles. The molecule has 7 aromatic carbocycles. The summed E-state index contributed by atoms with van der Waals surface area (Å²) in [6.07, 6.45) is 5.86. The molecule has 0 bridgehead atoms. The van der Waals surface area contributed by atoms with Gasteiger partial charge in [0.05, 0.1) is 0 Å². The Balaban J connectivity index is 1.20. The molecule has 71 heavy (non-hydrogen) atoms. The third-order valence-electron chi connectivity index (χ3n) is 19.0. The third kappa shape index (κ3) is 6.44. The number of thiophene rings is 1. The molecular formula is C67H71BN2S. The van der Waals surface area contributed by atoms with Gasteiger partial charge in [0.25, 0.3) is 6.71 Å². The van der Waals surface area contributed by atoms with Crippen molar-refractivity contribution in [2.24, 2.45) is 0 Å². The molecule has 3 heterocycles. The van der Waals surface area contributed by atoms with Crippen molar-refractivity contribution in [1.82, 2.24) is 0 Å². The lowest BCUT2D eigenvalue weighted by Crippen LogP contribution is -2.61. The van der Waals surface area contributed by atoms with Crippen LogP contribution in [0.1, 0.15) is 160 Å². The Labute approximate surface area is 428 Å². The van der Waals surface area contributed by atoms with E-state index < -0.39 is 0 Å². The van der Waals surface area contributed by atoms with Gasteiger partial charge in [-0.05, 0) is 198 Å². The normalized spacial score (nSPS) is 20.0. The fourth-order valence-electron chi connectivity index (χ4n) is 14.9. The van der Waals surface area contributed by atoms with Crippen LogP contribution in [0.25, 0.3) is 31.3 Å². The number of fused-ring (bicyclic) bond motifs is 10. The van der Waals surface area contributed by atoms with E-state index in [-0.39, 0.29) is 39.2 Å². The van der Waals surface area contributed by atoms with Crippen molar-refractivity contribution in [2.45, 2.75) is 162 Å². The van der Waals surface area contributed by atoms with Gasteiger partial charge in [0, 0.05) is 48.9 Å². The average molecular weight is 947 g/mol. The first-order valence-corrected chi connectivity index (χ1v) is 27.6. The highest BCUT2D eigenvalue weighted by Gasteiger charge is 2.50.